The Morgan fingerprint density at radius 1 is 1.08 bits per heavy atom. The molecular weight excluding hydrogens is 216 g/mol. The van der Waals surface area contributed by atoms with Crippen LogP contribution in [0.1, 0.15) is 12.2 Å². The molecule has 66 valence electrons. The smallest absolute Gasteiger partial charge is 0.212 e. The van der Waals surface area contributed by atoms with Crippen LogP contribution in [0.4, 0.5) is 13.2 Å². The van der Waals surface area contributed by atoms with Gasteiger partial charge in [-0.25, -0.2) is 23.1 Å². The fourth-order valence-electron chi connectivity index (χ4n) is 0.507. The van der Waals surface area contributed by atoms with Crippen molar-refractivity contribution in [2.45, 2.75) is 6.43 Å². The molecule has 7 heteroatoms. The van der Waals surface area contributed by atoms with E-state index in [1.165, 1.54) is 0 Å². The highest BCUT2D eigenvalue weighted by atomic mass is 35.5. The van der Waals surface area contributed by atoms with Gasteiger partial charge in [-0.2, -0.15) is 0 Å². The van der Waals surface area contributed by atoms with Crippen molar-refractivity contribution in [1.29, 1.82) is 0 Å². The van der Waals surface area contributed by atoms with E-state index in [2.05, 4.69) is 9.97 Å². The first kappa shape index (κ1) is 9.54. The maximum absolute atomic E-state index is 12.5. The summed E-state index contributed by atoms with van der Waals surface area (Å²) in [5.41, 5.74) is 0. The molecule has 0 saturated carbocycles. The zero-order chi connectivity index (χ0) is 9.30. The molecule has 0 saturated heterocycles. The second-order valence-corrected chi connectivity index (χ2v) is 2.49. The second-order valence-electron chi connectivity index (χ2n) is 1.78. The molecule has 0 radical (unpaired) electrons. The van der Waals surface area contributed by atoms with Crippen LogP contribution in [-0.2, 0) is 0 Å². The fourth-order valence-corrected chi connectivity index (χ4v) is 0.908. The quantitative estimate of drug-likeness (QED) is 0.675. The zero-order valence-electron chi connectivity index (χ0n) is 5.36. The van der Waals surface area contributed by atoms with Gasteiger partial charge >= 0.3 is 0 Å². The van der Waals surface area contributed by atoms with E-state index in [-0.39, 0.29) is 0 Å². The lowest BCUT2D eigenvalue weighted by Crippen LogP contribution is -1.98. The summed E-state index contributed by atoms with van der Waals surface area (Å²) in [5.74, 6) is -1.98. The molecule has 1 aromatic heterocycles. The molecule has 0 aliphatic carbocycles. The molecule has 0 amide bonds. The molecular formula is C5HCl2F3N2. The molecule has 1 aromatic rings. The van der Waals surface area contributed by atoms with Gasteiger partial charge in [0, 0.05) is 0 Å². The molecule has 12 heavy (non-hydrogen) atoms. The molecule has 0 spiro atoms. The van der Waals surface area contributed by atoms with Crippen molar-refractivity contribution in [3.63, 3.8) is 0 Å². The van der Waals surface area contributed by atoms with Crippen LogP contribution in [-0.4, -0.2) is 9.97 Å². The summed E-state index contributed by atoms with van der Waals surface area (Å²) in [7, 11) is 0. The molecule has 0 aliphatic rings. The van der Waals surface area contributed by atoms with E-state index in [1.807, 2.05) is 0 Å². The van der Waals surface area contributed by atoms with E-state index < -0.39 is 28.4 Å². The van der Waals surface area contributed by atoms with Gasteiger partial charge in [0.25, 0.3) is 6.43 Å². The highest BCUT2D eigenvalue weighted by Gasteiger charge is 2.16. The van der Waals surface area contributed by atoms with Crippen LogP contribution in [0.3, 0.4) is 0 Å². The molecule has 1 heterocycles. The average molecular weight is 217 g/mol. The monoisotopic (exact) mass is 216 g/mol. The molecule has 0 fully saturated rings. The Balaban J connectivity index is 3.21. The van der Waals surface area contributed by atoms with Crippen molar-refractivity contribution in [1.82, 2.24) is 9.97 Å². The minimum absolute atomic E-state index is 0.703. The summed E-state index contributed by atoms with van der Waals surface area (Å²) >= 11 is 10.2. The van der Waals surface area contributed by atoms with Crippen molar-refractivity contribution < 1.29 is 13.2 Å². The fraction of sp³-hybridized carbons (Fsp3) is 0.200. The van der Waals surface area contributed by atoms with Crippen LogP contribution in [0, 0.1) is 5.82 Å². The van der Waals surface area contributed by atoms with Gasteiger partial charge in [-0.3, -0.25) is 0 Å². The van der Waals surface area contributed by atoms with Crippen LogP contribution in [0.15, 0.2) is 0 Å². The summed E-state index contributed by atoms with van der Waals surface area (Å²) in [6.07, 6.45) is -2.92. The van der Waals surface area contributed by atoms with Crippen molar-refractivity contribution in [3.8, 4) is 0 Å². The number of hydrogen-bond acceptors (Lipinski definition) is 2. The number of halogens is 5. The van der Waals surface area contributed by atoms with Crippen molar-refractivity contribution in [2.75, 3.05) is 0 Å². The van der Waals surface area contributed by atoms with Crippen LogP contribution < -0.4 is 0 Å². The molecule has 0 unspecified atom stereocenters. The summed E-state index contributed by atoms with van der Waals surface area (Å²) in [6, 6.07) is 0. The van der Waals surface area contributed by atoms with Gasteiger partial charge in [0.2, 0.25) is 0 Å². The lowest BCUT2D eigenvalue weighted by atomic mass is 10.5. The van der Waals surface area contributed by atoms with Gasteiger partial charge in [-0.15, -0.1) is 0 Å². The molecule has 1 rings (SSSR count). The number of alkyl halides is 2. The standard InChI is InChI=1S/C5HCl2F3N2/c6-2-1(8)3(7)12-5(11-2)4(9)10/h4H. The minimum atomic E-state index is -2.92. The lowest BCUT2D eigenvalue weighted by Gasteiger charge is -2.00. The second kappa shape index (κ2) is 3.45. The number of hydrogen-bond donors (Lipinski definition) is 0. The highest BCUT2D eigenvalue weighted by Crippen LogP contribution is 2.23. The maximum atomic E-state index is 12.5. The Morgan fingerprint density at radius 2 is 1.50 bits per heavy atom. The predicted octanol–water partition coefficient (Wildman–Crippen LogP) is 2.86. The average Bonchev–Trinajstić information content (AvgIpc) is 1.99. The summed E-state index contributed by atoms with van der Waals surface area (Å²) in [6.45, 7) is 0. The van der Waals surface area contributed by atoms with E-state index in [4.69, 9.17) is 23.2 Å². The molecule has 2 nitrogen and oxygen atoms in total. The molecule has 0 bridgehead atoms. The lowest BCUT2D eigenvalue weighted by molar-refractivity contribution is 0.140. The van der Waals surface area contributed by atoms with Gasteiger partial charge in [-0.1, -0.05) is 23.2 Å². The molecule has 0 N–H and O–H groups in total. The van der Waals surface area contributed by atoms with Crippen molar-refractivity contribution in [3.05, 3.63) is 21.9 Å². The number of nitrogens with zero attached hydrogens (tertiary/aromatic N) is 2. The third-order valence-electron chi connectivity index (χ3n) is 0.983. The summed E-state index contributed by atoms with van der Waals surface area (Å²) < 4.78 is 36.3. The van der Waals surface area contributed by atoms with Crippen LogP contribution >= 0.6 is 23.2 Å². The maximum Gasteiger partial charge on any atom is 0.297 e. The topological polar surface area (TPSA) is 25.8 Å². The first-order valence-electron chi connectivity index (χ1n) is 2.69. The predicted molar refractivity (Wildman–Crippen MR) is 37.0 cm³/mol. The molecule has 0 aliphatic heterocycles. The van der Waals surface area contributed by atoms with E-state index in [0.717, 1.165) is 0 Å². The van der Waals surface area contributed by atoms with E-state index in [9.17, 15) is 13.2 Å². The first-order chi connectivity index (χ1) is 5.52. The van der Waals surface area contributed by atoms with Crippen LogP contribution in [0.5, 0.6) is 0 Å². The number of aromatic nitrogens is 2. The van der Waals surface area contributed by atoms with Crippen molar-refractivity contribution in [2.24, 2.45) is 0 Å². The Hall–Kier alpha value is -0.550. The first-order valence-corrected chi connectivity index (χ1v) is 3.44. The van der Waals surface area contributed by atoms with Gasteiger partial charge in [-0.05, 0) is 0 Å². The van der Waals surface area contributed by atoms with Crippen molar-refractivity contribution >= 4 is 23.2 Å². The third-order valence-corrected chi connectivity index (χ3v) is 1.48. The minimum Gasteiger partial charge on any atom is -0.212 e. The van der Waals surface area contributed by atoms with Gasteiger partial charge in [0.05, 0.1) is 0 Å². The van der Waals surface area contributed by atoms with Crippen LogP contribution in [0.2, 0.25) is 10.3 Å². The summed E-state index contributed by atoms with van der Waals surface area (Å²) in [4.78, 5) is 5.96. The zero-order valence-corrected chi connectivity index (χ0v) is 6.87. The normalized spacial score (nSPS) is 10.8. The van der Waals surface area contributed by atoms with E-state index in [1.54, 1.807) is 0 Å². The Bertz CT molecular complexity index is 282. The summed E-state index contributed by atoms with van der Waals surface area (Å²) in [5, 5.41) is -1.41. The molecule has 0 aromatic carbocycles. The highest BCUT2D eigenvalue weighted by molar-refractivity contribution is 6.33. The van der Waals surface area contributed by atoms with Gasteiger partial charge in [0.1, 0.15) is 0 Å². The largest absolute Gasteiger partial charge is 0.297 e. The van der Waals surface area contributed by atoms with Gasteiger partial charge < -0.3 is 0 Å². The Labute approximate surface area is 75.3 Å². The molecule has 0 atom stereocenters. The number of rotatable bonds is 1. The van der Waals surface area contributed by atoms with Crippen LogP contribution in [0.25, 0.3) is 0 Å². The van der Waals surface area contributed by atoms with E-state index >= 15 is 0 Å². The third kappa shape index (κ3) is 1.78. The Morgan fingerprint density at radius 3 is 1.83 bits per heavy atom. The van der Waals surface area contributed by atoms with E-state index in [0.29, 0.717) is 0 Å². The SMILES string of the molecule is Fc1c(Cl)nc(C(F)F)nc1Cl. The Kier molecular flexibility index (Phi) is 2.74. The van der Waals surface area contributed by atoms with Gasteiger partial charge in [0.15, 0.2) is 21.9 Å².